The van der Waals surface area contributed by atoms with E-state index in [1.807, 2.05) is 12.1 Å². The van der Waals surface area contributed by atoms with Crippen LogP contribution in [0.4, 0.5) is 0 Å². The van der Waals surface area contributed by atoms with Crippen LogP contribution in [-0.2, 0) is 13.0 Å². The highest BCUT2D eigenvalue weighted by Crippen LogP contribution is 2.32. The monoisotopic (exact) mass is 277 g/mol. The summed E-state index contributed by atoms with van der Waals surface area (Å²) in [6.45, 7) is 3.55. The van der Waals surface area contributed by atoms with E-state index in [4.69, 9.17) is 20.2 Å². The zero-order chi connectivity index (χ0) is 14.5. The number of hydrogen-bond donors (Lipinski definition) is 1. The van der Waals surface area contributed by atoms with Crippen LogP contribution < -0.4 is 15.2 Å². The number of hydrogen-bond acceptors (Lipinski definition) is 4. The van der Waals surface area contributed by atoms with Gasteiger partial charge in [0.05, 0.1) is 25.3 Å². The van der Waals surface area contributed by atoms with Crippen LogP contribution >= 0.6 is 0 Å². The van der Waals surface area contributed by atoms with Gasteiger partial charge in [0.2, 0.25) is 0 Å². The van der Waals surface area contributed by atoms with E-state index in [9.17, 15) is 0 Å². The molecule has 0 radical (unpaired) electrons. The molecule has 1 aromatic carbocycles. The van der Waals surface area contributed by atoms with Crippen LogP contribution in [0, 0.1) is 0 Å². The summed E-state index contributed by atoms with van der Waals surface area (Å²) in [5.74, 6) is 2.52. The lowest BCUT2D eigenvalue weighted by atomic mass is 10.2. The summed E-state index contributed by atoms with van der Waals surface area (Å²) < 4.78 is 12.9. The van der Waals surface area contributed by atoms with Crippen molar-refractivity contribution in [1.82, 2.24) is 9.55 Å². The number of methoxy groups -OCH3 is 2. The van der Waals surface area contributed by atoms with E-state index < -0.39 is 0 Å². The molecule has 2 N–H and O–H groups in total. The van der Waals surface area contributed by atoms with Crippen molar-refractivity contribution in [3.8, 4) is 11.5 Å². The number of unbranched alkanes of at least 4 members (excludes halogenated alkanes) is 1. The first-order chi connectivity index (χ1) is 9.74. The van der Waals surface area contributed by atoms with Gasteiger partial charge in [0, 0.05) is 31.6 Å². The van der Waals surface area contributed by atoms with Crippen molar-refractivity contribution in [2.45, 2.75) is 32.7 Å². The van der Waals surface area contributed by atoms with Gasteiger partial charge in [-0.05, 0) is 6.42 Å². The summed E-state index contributed by atoms with van der Waals surface area (Å²) >= 11 is 0. The van der Waals surface area contributed by atoms with Crippen molar-refractivity contribution >= 4 is 11.0 Å². The Morgan fingerprint density at radius 2 is 1.90 bits per heavy atom. The van der Waals surface area contributed by atoms with E-state index in [-0.39, 0.29) is 0 Å². The molecule has 0 fully saturated rings. The van der Waals surface area contributed by atoms with Gasteiger partial charge >= 0.3 is 0 Å². The number of ether oxygens (including phenoxy) is 2. The van der Waals surface area contributed by atoms with Crippen LogP contribution in [0.2, 0.25) is 0 Å². The molecule has 0 saturated heterocycles. The van der Waals surface area contributed by atoms with Gasteiger partial charge in [0.1, 0.15) is 5.82 Å². The number of aryl methyl sites for hydroxylation is 1. The van der Waals surface area contributed by atoms with Gasteiger partial charge in [-0.3, -0.25) is 0 Å². The summed E-state index contributed by atoms with van der Waals surface area (Å²) in [7, 11) is 3.28. The molecule has 0 aliphatic heterocycles. The fraction of sp³-hybridized carbons (Fsp3) is 0.533. The predicted molar refractivity (Wildman–Crippen MR) is 80.5 cm³/mol. The average Bonchev–Trinajstić information content (AvgIpc) is 2.81. The molecule has 0 bridgehead atoms. The second-order valence-electron chi connectivity index (χ2n) is 4.77. The van der Waals surface area contributed by atoms with Gasteiger partial charge in [-0.15, -0.1) is 0 Å². The largest absolute Gasteiger partial charge is 0.493 e. The molecule has 5 nitrogen and oxygen atoms in total. The van der Waals surface area contributed by atoms with E-state index in [0.29, 0.717) is 12.3 Å². The van der Waals surface area contributed by atoms with Gasteiger partial charge in [0.25, 0.3) is 0 Å². The third-order valence-corrected chi connectivity index (χ3v) is 3.44. The molecule has 110 valence electrons. The van der Waals surface area contributed by atoms with E-state index in [2.05, 4.69) is 11.5 Å². The number of fused-ring (bicyclic) bond motifs is 1. The van der Waals surface area contributed by atoms with Gasteiger partial charge in [-0.1, -0.05) is 13.3 Å². The molecule has 20 heavy (non-hydrogen) atoms. The molecule has 1 aromatic heterocycles. The SMILES string of the molecule is CCCCc1nc2cc(OC)c(OC)cc2n1CCN. The summed E-state index contributed by atoms with van der Waals surface area (Å²) in [6, 6.07) is 3.91. The Labute approximate surface area is 119 Å². The normalized spacial score (nSPS) is 11.0. The number of aromatic nitrogens is 2. The molecule has 0 aliphatic carbocycles. The lowest BCUT2D eigenvalue weighted by Gasteiger charge is -2.10. The smallest absolute Gasteiger partial charge is 0.163 e. The number of rotatable bonds is 7. The van der Waals surface area contributed by atoms with Crippen LogP contribution in [0.3, 0.4) is 0 Å². The van der Waals surface area contributed by atoms with Gasteiger partial charge in [0.15, 0.2) is 11.5 Å². The van der Waals surface area contributed by atoms with E-state index in [1.165, 1.54) is 0 Å². The Morgan fingerprint density at radius 1 is 1.20 bits per heavy atom. The van der Waals surface area contributed by atoms with Crippen molar-refractivity contribution < 1.29 is 9.47 Å². The van der Waals surface area contributed by atoms with Crippen molar-refractivity contribution in [2.75, 3.05) is 20.8 Å². The minimum absolute atomic E-state index is 0.596. The minimum atomic E-state index is 0.596. The Kier molecular flexibility index (Phi) is 4.84. The molecular formula is C15H23N3O2. The van der Waals surface area contributed by atoms with Gasteiger partial charge in [-0.2, -0.15) is 0 Å². The van der Waals surface area contributed by atoms with Crippen LogP contribution in [0.5, 0.6) is 11.5 Å². The van der Waals surface area contributed by atoms with E-state index >= 15 is 0 Å². The molecule has 1 heterocycles. The average molecular weight is 277 g/mol. The molecular weight excluding hydrogens is 254 g/mol. The van der Waals surface area contributed by atoms with Crippen LogP contribution in [-0.4, -0.2) is 30.3 Å². The maximum Gasteiger partial charge on any atom is 0.163 e. The highest BCUT2D eigenvalue weighted by atomic mass is 16.5. The topological polar surface area (TPSA) is 62.3 Å². The van der Waals surface area contributed by atoms with Crippen LogP contribution in [0.1, 0.15) is 25.6 Å². The fourth-order valence-corrected chi connectivity index (χ4v) is 2.41. The zero-order valence-electron chi connectivity index (χ0n) is 12.5. The van der Waals surface area contributed by atoms with Gasteiger partial charge in [-0.25, -0.2) is 4.98 Å². The molecule has 2 aromatic rings. The molecule has 2 rings (SSSR count). The Morgan fingerprint density at radius 3 is 2.50 bits per heavy atom. The lowest BCUT2D eigenvalue weighted by Crippen LogP contribution is -2.12. The van der Waals surface area contributed by atoms with Gasteiger partial charge < -0.3 is 19.8 Å². The molecule has 0 unspecified atom stereocenters. The van der Waals surface area contributed by atoms with Crippen LogP contribution in [0.15, 0.2) is 12.1 Å². The van der Waals surface area contributed by atoms with E-state index in [1.54, 1.807) is 14.2 Å². The van der Waals surface area contributed by atoms with Crippen molar-refractivity contribution in [1.29, 1.82) is 0 Å². The second-order valence-corrected chi connectivity index (χ2v) is 4.77. The summed E-state index contributed by atoms with van der Waals surface area (Å²) in [4.78, 5) is 4.72. The highest BCUT2D eigenvalue weighted by molar-refractivity contribution is 5.80. The van der Waals surface area contributed by atoms with E-state index in [0.717, 1.165) is 48.4 Å². The Balaban J connectivity index is 2.54. The summed E-state index contributed by atoms with van der Waals surface area (Å²) in [5, 5.41) is 0. The Hall–Kier alpha value is -1.75. The Bertz CT molecular complexity index is 578. The minimum Gasteiger partial charge on any atom is -0.493 e. The lowest BCUT2D eigenvalue weighted by molar-refractivity contribution is 0.355. The standard InChI is InChI=1S/C15H23N3O2/c1-4-5-6-15-17-11-9-13(19-2)14(20-3)10-12(11)18(15)8-7-16/h9-10H,4-8,16H2,1-3H3. The second kappa shape index (κ2) is 6.61. The number of imidazole rings is 1. The van der Waals surface area contributed by atoms with Crippen LogP contribution in [0.25, 0.3) is 11.0 Å². The fourth-order valence-electron chi connectivity index (χ4n) is 2.41. The summed E-state index contributed by atoms with van der Waals surface area (Å²) in [5.41, 5.74) is 7.72. The zero-order valence-corrected chi connectivity index (χ0v) is 12.5. The third-order valence-electron chi connectivity index (χ3n) is 3.44. The molecule has 0 aliphatic rings. The van der Waals surface area contributed by atoms with Crippen molar-refractivity contribution in [3.05, 3.63) is 18.0 Å². The van der Waals surface area contributed by atoms with Crippen molar-refractivity contribution in [3.63, 3.8) is 0 Å². The quantitative estimate of drug-likeness (QED) is 0.844. The van der Waals surface area contributed by atoms with Crippen molar-refractivity contribution in [2.24, 2.45) is 5.73 Å². The maximum atomic E-state index is 5.73. The summed E-state index contributed by atoms with van der Waals surface area (Å²) in [6.07, 6.45) is 3.25. The molecule has 0 atom stereocenters. The first-order valence-electron chi connectivity index (χ1n) is 7.06. The number of nitrogens with two attached hydrogens (primary N) is 1. The molecule has 5 heteroatoms. The first-order valence-corrected chi connectivity index (χ1v) is 7.06. The molecule has 0 saturated carbocycles. The third kappa shape index (κ3) is 2.72. The predicted octanol–water partition coefficient (Wildman–Crippen LogP) is 2.35. The maximum absolute atomic E-state index is 5.73. The molecule has 0 amide bonds. The first kappa shape index (κ1) is 14.7. The highest BCUT2D eigenvalue weighted by Gasteiger charge is 2.14. The number of nitrogens with zero attached hydrogens (tertiary/aromatic N) is 2. The molecule has 0 spiro atoms. The number of benzene rings is 1.